The fraction of sp³-hybridized carbons (Fsp3) is 0.929. The van der Waals surface area contributed by atoms with Crippen molar-refractivity contribution in [2.24, 2.45) is 17.1 Å². The van der Waals surface area contributed by atoms with Crippen LogP contribution in [0.4, 0.5) is 0 Å². The first-order valence-corrected chi connectivity index (χ1v) is 7.02. The van der Waals surface area contributed by atoms with Crippen LogP contribution in [-0.2, 0) is 4.79 Å². The lowest BCUT2D eigenvalue weighted by atomic mass is 9.61. The monoisotopic (exact) mass is 255 g/mol. The molecule has 18 heavy (non-hydrogen) atoms. The average Bonchev–Trinajstić information content (AvgIpc) is 2.24. The molecule has 106 valence electrons. The van der Waals surface area contributed by atoms with Gasteiger partial charge in [-0.3, -0.25) is 4.79 Å². The fourth-order valence-corrected chi connectivity index (χ4v) is 3.29. The van der Waals surface area contributed by atoms with Gasteiger partial charge < -0.3 is 15.5 Å². The predicted molar refractivity (Wildman–Crippen MR) is 75.3 cm³/mol. The third-order valence-electron chi connectivity index (χ3n) is 4.09. The highest BCUT2D eigenvalue weighted by Gasteiger charge is 2.49. The molecule has 4 heteroatoms. The van der Waals surface area contributed by atoms with E-state index in [0.29, 0.717) is 12.5 Å². The van der Waals surface area contributed by atoms with Crippen molar-refractivity contribution in [3.05, 3.63) is 0 Å². The summed E-state index contributed by atoms with van der Waals surface area (Å²) in [4.78, 5) is 16.8. The molecule has 0 radical (unpaired) electrons. The quantitative estimate of drug-likeness (QED) is 0.775. The Balaban J connectivity index is 2.72. The highest BCUT2D eigenvalue weighted by atomic mass is 16.2. The van der Waals surface area contributed by atoms with Crippen molar-refractivity contribution in [3.63, 3.8) is 0 Å². The lowest BCUT2D eigenvalue weighted by Gasteiger charge is -2.48. The molecule has 1 unspecified atom stereocenters. The van der Waals surface area contributed by atoms with E-state index in [2.05, 4.69) is 25.7 Å². The standard InChI is InChI=1S/C14H29N3O/c1-6-17(12(3)9-16(4)5)13(18)14(10-15)7-11(2)8-14/h11-12H,6-10,15H2,1-5H3. The second-order valence-electron chi connectivity index (χ2n) is 6.20. The molecule has 0 aromatic heterocycles. The van der Waals surface area contributed by atoms with Gasteiger partial charge in [0.15, 0.2) is 0 Å². The fourth-order valence-electron chi connectivity index (χ4n) is 3.29. The maximum absolute atomic E-state index is 12.7. The van der Waals surface area contributed by atoms with Crippen LogP contribution in [0.3, 0.4) is 0 Å². The van der Waals surface area contributed by atoms with Gasteiger partial charge >= 0.3 is 0 Å². The Bertz CT molecular complexity index is 285. The van der Waals surface area contributed by atoms with Crippen LogP contribution < -0.4 is 5.73 Å². The van der Waals surface area contributed by atoms with Crippen LogP contribution in [-0.4, -0.2) is 55.5 Å². The Kier molecular flexibility index (Phi) is 5.17. The van der Waals surface area contributed by atoms with E-state index in [1.54, 1.807) is 0 Å². The molecular weight excluding hydrogens is 226 g/mol. The molecule has 1 amide bonds. The number of amides is 1. The van der Waals surface area contributed by atoms with Gasteiger partial charge in [-0.25, -0.2) is 0 Å². The number of nitrogens with zero attached hydrogens (tertiary/aromatic N) is 2. The van der Waals surface area contributed by atoms with E-state index < -0.39 is 0 Å². The molecule has 1 atom stereocenters. The van der Waals surface area contributed by atoms with Crippen molar-refractivity contribution in [2.75, 3.05) is 33.7 Å². The van der Waals surface area contributed by atoms with E-state index in [1.165, 1.54) is 0 Å². The van der Waals surface area contributed by atoms with Gasteiger partial charge in [-0.05, 0) is 46.7 Å². The molecule has 0 heterocycles. The molecule has 0 spiro atoms. The van der Waals surface area contributed by atoms with Gasteiger partial charge in [0.1, 0.15) is 0 Å². The van der Waals surface area contributed by atoms with Crippen LogP contribution in [0.2, 0.25) is 0 Å². The summed E-state index contributed by atoms with van der Waals surface area (Å²) in [5.74, 6) is 0.903. The zero-order valence-electron chi connectivity index (χ0n) is 12.6. The van der Waals surface area contributed by atoms with Crippen LogP contribution in [0.15, 0.2) is 0 Å². The predicted octanol–water partition coefficient (Wildman–Crippen LogP) is 1.16. The molecule has 0 aromatic carbocycles. The molecule has 1 saturated carbocycles. The van der Waals surface area contributed by atoms with E-state index >= 15 is 0 Å². The number of hydrogen-bond acceptors (Lipinski definition) is 3. The second-order valence-corrected chi connectivity index (χ2v) is 6.20. The Morgan fingerprint density at radius 1 is 1.44 bits per heavy atom. The van der Waals surface area contributed by atoms with Gasteiger partial charge in [-0.2, -0.15) is 0 Å². The maximum atomic E-state index is 12.7. The largest absolute Gasteiger partial charge is 0.338 e. The maximum Gasteiger partial charge on any atom is 0.230 e. The molecule has 1 fully saturated rings. The van der Waals surface area contributed by atoms with Gasteiger partial charge in [0.2, 0.25) is 5.91 Å². The Morgan fingerprint density at radius 3 is 2.33 bits per heavy atom. The first kappa shape index (κ1) is 15.4. The Hall–Kier alpha value is -0.610. The number of rotatable bonds is 6. The lowest BCUT2D eigenvalue weighted by Crippen LogP contribution is -2.57. The van der Waals surface area contributed by atoms with Crippen LogP contribution in [0.1, 0.15) is 33.6 Å². The normalized spacial score (nSPS) is 28.9. The molecule has 0 saturated heterocycles. The molecular formula is C14H29N3O. The molecule has 0 aliphatic heterocycles. The summed E-state index contributed by atoms with van der Waals surface area (Å²) in [6.45, 7) is 8.52. The van der Waals surface area contributed by atoms with Gasteiger partial charge in [-0.15, -0.1) is 0 Å². The molecule has 1 aliphatic rings. The molecule has 1 rings (SSSR count). The van der Waals surface area contributed by atoms with Gasteiger partial charge in [0.05, 0.1) is 5.41 Å². The minimum Gasteiger partial charge on any atom is -0.338 e. The molecule has 0 aromatic rings. The summed E-state index contributed by atoms with van der Waals surface area (Å²) >= 11 is 0. The van der Waals surface area contributed by atoms with Crippen LogP contribution in [0, 0.1) is 11.3 Å². The van der Waals surface area contributed by atoms with E-state index in [-0.39, 0.29) is 17.4 Å². The van der Waals surface area contributed by atoms with Gasteiger partial charge in [0, 0.05) is 25.7 Å². The third-order valence-corrected chi connectivity index (χ3v) is 4.09. The third kappa shape index (κ3) is 3.04. The number of carbonyl (C=O) groups excluding carboxylic acids is 1. The SMILES string of the molecule is CCN(C(=O)C1(CN)CC(C)C1)C(C)CN(C)C. The van der Waals surface area contributed by atoms with E-state index in [4.69, 9.17) is 5.73 Å². The number of hydrogen-bond donors (Lipinski definition) is 1. The molecule has 4 nitrogen and oxygen atoms in total. The van der Waals surface area contributed by atoms with Crippen LogP contribution in [0.5, 0.6) is 0 Å². The highest BCUT2D eigenvalue weighted by Crippen LogP contribution is 2.46. The zero-order valence-corrected chi connectivity index (χ0v) is 12.6. The summed E-state index contributed by atoms with van der Waals surface area (Å²) < 4.78 is 0. The van der Waals surface area contributed by atoms with Crippen molar-refractivity contribution in [2.45, 2.75) is 39.7 Å². The molecule has 2 N–H and O–H groups in total. The van der Waals surface area contributed by atoms with Crippen molar-refractivity contribution in [1.82, 2.24) is 9.80 Å². The second kappa shape index (κ2) is 6.02. The van der Waals surface area contributed by atoms with E-state index in [9.17, 15) is 4.79 Å². The number of carbonyl (C=O) groups is 1. The van der Waals surface area contributed by atoms with Crippen molar-refractivity contribution in [3.8, 4) is 0 Å². The minimum atomic E-state index is -0.268. The first-order valence-electron chi connectivity index (χ1n) is 7.02. The number of nitrogens with two attached hydrogens (primary N) is 1. The van der Waals surface area contributed by atoms with Crippen molar-refractivity contribution < 1.29 is 4.79 Å². The summed E-state index contributed by atoms with van der Waals surface area (Å²) in [5, 5.41) is 0. The zero-order chi connectivity index (χ0) is 13.9. The van der Waals surface area contributed by atoms with E-state index in [1.807, 2.05) is 19.0 Å². The molecule has 1 aliphatic carbocycles. The molecule has 0 bridgehead atoms. The van der Waals surface area contributed by atoms with Crippen molar-refractivity contribution in [1.29, 1.82) is 0 Å². The Morgan fingerprint density at radius 2 is 2.00 bits per heavy atom. The van der Waals surface area contributed by atoms with Crippen LogP contribution in [0.25, 0.3) is 0 Å². The average molecular weight is 255 g/mol. The van der Waals surface area contributed by atoms with Gasteiger partial charge in [0.25, 0.3) is 0 Å². The van der Waals surface area contributed by atoms with Gasteiger partial charge in [-0.1, -0.05) is 6.92 Å². The summed E-state index contributed by atoms with van der Waals surface area (Å²) in [6, 6.07) is 0.247. The van der Waals surface area contributed by atoms with E-state index in [0.717, 1.165) is 25.9 Å². The summed E-state index contributed by atoms with van der Waals surface area (Å²) in [7, 11) is 4.08. The summed E-state index contributed by atoms with van der Waals surface area (Å²) in [6.07, 6.45) is 1.90. The first-order chi connectivity index (χ1) is 8.36. The van der Waals surface area contributed by atoms with Crippen molar-refractivity contribution >= 4 is 5.91 Å². The van der Waals surface area contributed by atoms with Crippen LogP contribution >= 0.6 is 0 Å². The smallest absolute Gasteiger partial charge is 0.230 e. The topological polar surface area (TPSA) is 49.6 Å². The number of likely N-dealkylation sites (N-methyl/N-ethyl adjacent to an activating group) is 2. The Labute approximate surface area is 111 Å². The highest BCUT2D eigenvalue weighted by molar-refractivity contribution is 5.84. The minimum absolute atomic E-state index is 0.247. The lowest BCUT2D eigenvalue weighted by molar-refractivity contribution is -0.151. The summed E-state index contributed by atoms with van der Waals surface area (Å²) in [5.41, 5.74) is 5.60.